The Balaban J connectivity index is 1.14. The Labute approximate surface area is 330 Å². The van der Waals surface area contributed by atoms with Crippen molar-refractivity contribution in [1.82, 2.24) is 0 Å². The molecule has 3 aliphatic rings. The first kappa shape index (κ1) is 37.3. The maximum atomic E-state index is 7.21. The number of thiophene rings is 1. The van der Waals surface area contributed by atoms with Crippen molar-refractivity contribution in [2.75, 3.05) is 4.90 Å². The molecule has 3 aliphatic carbocycles. The van der Waals surface area contributed by atoms with E-state index in [4.69, 9.17) is 5.73 Å². The molecule has 0 bridgehead atoms. The third-order valence-corrected chi connectivity index (χ3v) is 14.5. The summed E-state index contributed by atoms with van der Waals surface area (Å²) in [6, 6.07) is 35.8. The molecule has 0 radical (unpaired) electrons. The van der Waals surface area contributed by atoms with E-state index in [1.165, 1.54) is 158 Å². The first-order valence-corrected chi connectivity index (χ1v) is 22.6. The highest BCUT2D eigenvalue weighted by atomic mass is 32.1. The number of benzene rings is 4. The number of hydrogen-bond acceptors (Lipinski definition) is 3. The maximum absolute atomic E-state index is 7.21. The Bertz CT molecular complexity index is 1870. The maximum Gasteiger partial charge on any atom is 0.0462 e. The van der Waals surface area contributed by atoms with Crippen molar-refractivity contribution in [3.63, 3.8) is 0 Å². The van der Waals surface area contributed by atoms with Crippen molar-refractivity contribution in [2.24, 2.45) is 5.73 Å². The van der Waals surface area contributed by atoms with E-state index in [0.717, 1.165) is 12.8 Å². The normalized spacial score (nSPS) is 17.8. The Morgan fingerprint density at radius 3 is 1.37 bits per heavy atom. The molecule has 54 heavy (non-hydrogen) atoms. The van der Waals surface area contributed by atoms with E-state index in [1.807, 2.05) is 11.3 Å². The van der Waals surface area contributed by atoms with Gasteiger partial charge in [0.2, 0.25) is 0 Å². The number of anilines is 3. The highest BCUT2D eigenvalue weighted by Crippen LogP contribution is 2.45. The van der Waals surface area contributed by atoms with E-state index in [0.29, 0.717) is 17.8 Å². The quantitative estimate of drug-likeness (QED) is 0.146. The fraction of sp³-hybridized carbons (Fsp3) is 0.451. The minimum Gasteiger partial charge on any atom is -0.321 e. The van der Waals surface area contributed by atoms with Gasteiger partial charge in [-0.1, -0.05) is 126 Å². The van der Waals surface area contributed by atoms with Crippen LogP contribution in [-0.4, -0.2) is 0 Å². The second-order valence-electron chi connectivity index (χ2n) is 16.9. The number of hydrogen-bond donors (Lipinski definition) is 1. The molecule has 1 aromatic heterocycles. The van der Waals surface area contributed by atoms with Crippen LogP contribution in [0.4, 0.5) is 17.1 Å². The van der Waals surface area contributed by atoms with Crippen LogP contribution in [0, 0.1) is 0 Å². The van der Waals surface area contributed by atoms with Gasteiger partial charge in [-0.15, -0.1) is 0 Å². The lowest BCUT2D eigenvalue weighted by Gasteiger charge is -2.31. The molecular weight excluding hydrogens is 673 g/mol. The number of nitrogens with zero attached hydrogens (tertiary/aromatic N) is 1. The molecule has 4 aromatic carbocycles. The first-order valence-electron chi connectivity index (χ1n) is 21.6. The molecular formula is C51H62N2S. The van der Waals surface area contributed by atoms with Crippen molar-refractivity contribution in [3.05, 3.63) is 124 Å². The van der Waals surface area contributed by atoms with E-state index >= 15 is 0 Å². The van der Waals surface area contributed by atoms with Crippen molar-refractivity contribution in [2.45, 2.75) is 146 Å². The van der Waals surface area contributed by atoms with E-state index in [9.17, 15) is 0 Å². The van der Waals surface area contributed by atoms with E-state index in [-0.39, 0.29) is 5.54 Å². The summed E-state index contributed by atoms with van der Waals surface area (Å²) >= 11 is 1.81. The van der Waals surface area contributed by atoms with Crippen molar-refractivity contribution < 1.29 is 0 Å². The average molecular weight is 735 g/mol. The van der Waals surface area contributed by atoms with E-state index < -0.39 is 0 Å². The molecule has 0 atom stereocenters. The Morgan fingerprint density at radius 1 is 0.500 bits per heavy atom. The molecule has 3 fully saturated rings. The van der Waals surface area contributed by atoms with Gasteiger partial charge in [0.05, 0.1) is 0 Å². The Hall–Kier alpha value is -3.66. The summed E-state index contributed by atoms with van der Waals surface area (Å²) in [5, 5.41) is 4.72. The summed E-state index contributed by atoms with van der Waals surface area (Å²) in [4.78, 5) is 2.46. The Kier molecular flexibility index (Phi) is 11.7. The zero-order chi connectivity index (χ0) is 36.9. The predicted molar refractivity (Wildman–Crippen MR) is 234 cm³/mol. The van der Waals surface area contributed by atoms with Gasteiger partial charge >= 0.3 is 0 Å². The first-order chi connectivity index (χ1) is 26.5. The topological polar surface area (TPSA) is 29.3 Å². The van der Waals surface area contributed by atoms with Crippen LogP contribution in [0.3, 0.4) is 0 Å². The zero-order valence-corrected chi connectivity index (χ0v) is 33.8. The van der Waals surface area contributed by atoms with Gasteiger partial charge in [-0.2, -0.15) is 11.3 Å². The molecule has 2 N–H and O–H groups in total. The van der Waals surface area contributed by atoms with Gasteiger partial charge in [0, 0.05) is 33.7 Å². The summed E-state index contributed by atoms with van der Waals surface area (Å²) in [5.74, 6) is 2.07. The smallest absolute Gasteiger partial charge is 0.0462 e. The minimum absolute atomic E-state index is 0.344. The largest absolute Gasteiger partial charge is 0.321 e. The molecule has 3 heteroatoms. The summed E-state index contributed by atoms with van der Waals surface area (Å²) in [5.41, 5.74) is 21.6. The van der Waals surface area contributed by atoms with Crippen LogP contribution in [0.2, 0.25) is 0 Å². The second kappa shape index (κ2) is 17.0. The standard InChI is InChI=1S/C51H62N2S/c1-3-51(52,4-2)50-33-26-43(39-18-12-7-13-19-39)34-47(50)49-36-54-35-48(49)42-24-31-46(32-25-42)53(44-27-20-40(21-28-44)37-14-8-5-9-15-37)45-29-22-41(23-30-45)38-16-10-6-11-17-38/h20-39H,3-19,52H2,1-2H3. The van der Waals surface area contributed by atoms with Crippen LogP contribution >= 0.6 is 11.3 Å². The van der Waals surface area contributed by atoms with E-state index in [2.05, 4.69) is 121 Å². The van der Waals surface area contributed by atoms with Crippen LogP contribution < -0.4 is 10.6 Å². The molecule has 5 aromatic rings. The van der Waals surface area contributed by atoms with Gasteiger partial charge in [0.1, 0.15) is 0 Å². The summed E-state index contributed by atoms with van der Waals surface area (Å²) in [6.45, 7) is 4.49. The molecule has 0 unspecified atom stereocenters. The molecule has 8 rings (SSSR count). The molecule has 3 saturated carbocycles. The summed E-state index contributed by atoms with van der Waals surface area (Å²) in [6.07, 6.45) is 22.0. The lowest BCUT2D eigenvalue weighted by molar-refractivity contribution is 0.413. The molecule has 282 valence electrons. The van der Waals surface area contributed by atoms with Gasteiger partial charge in [-0.05, 0) is 150 Å². The van der Waals surface area contributed by atoms with Gasteiger partial charge in [-0.3, -0.25) is 0 Å². The minimum atomic E-state index is -0.344. The molecule has 0 spiro atoms. The SMILES string of the molecule is CCC(N)(CC)c1ccc(C2CCCCC2)cc1-c1cscc1-c1ccc(N(c2ccc(C3CCCCC3)cc2)c2ccc(C3CCCCC3)cc2)cc1. The number of rotatable bonds is 11. The van der Waals surface area contributed by atoms with Crippen molar-refractivity contribution >= 4 is 28.4 Å². The van der Waals surface area contributed by atoms with Crippen LogP contribution in [0.15, 0.2) is 102 Å². The van der Waals surface area contributed by atoms with Crippen LogP contribution in [0.25, 0.3) is 22.3 Å². The molecule has 2 nitrogen and oxygen atoms in total. The second-order valence-corrected chi connectivity index (χ2v) is 17.7. The third kappa shape index (κ3) is 7.87. The van der Waals surface area contributed by atoms with Crippen LogP contribution in [0.1, 0.15) is 163 Å². The monoisotopic (exact) mass is 734 g/mol. The third-order valence-electron chi connectivity index (χ3n) is 13.8. The highest BCUT2D eigenvalue weighted by molar-refractivity contribution is 7.08. The lowest BCUT2D eigenvalue weighted by Crippen LogP contribution is -2.35. The summed E-state index contributed by atoms with van der Waals surface area (Å²) < 4.78 is 0. The predicted octanol–water partition coefficient (Wildman–Crippen LogP) is 15.7. The molecule has 0 amide bonds. The van der Waals surface area contributed by atoms with Crippen LogP contribution in [0.5, 0.6) is 0 Å². The number of nitrogens with two attached hydrogens (primary N) is 1. The zero-order valence-electron chi connectivity index (χ0n) is 33.0. The van der Waals surface area contributed by atoms with Gasteiger partial charge < -0.3 is 10.6 Å². The van der Waals surface area contributed by atoms with Crippen LogP contribution in [-0.2, 0) is 5.54 Å². The lowest BCUT2D eigenvalue weighted by atomic mass is 9.77. The summed E-state index contributed by atoms with van der Waals surface area (Å²) in [7, 11) is 0. The van der Waals surface area contributed by atoms with Gasteiger partial charge in [0.25, 0.3) is 0 Å². The molecule has 0 aliphatic heterocycles. The fourth-order valence-corrected chi connectivity index (χ4v) is 11.0. The Morgan fingerprint density at radius 2 is 0.907 bits per heavy atom. The van der Waals surface area contributed by atoms with E-state index in [1.54, 1.807) is 0 Å². The average Bonchev–Trinajstić information content (AvgIpc) is 3.75. The van der Waals surface area contributed by atoms with Gasteiger partial charge in [-0.25, -0.2) is 0 Å². The fourth-order valence-electron chi connectivity index (χ4n) is 10.2. The van der Waals surface area contributed by atoms with Crippen molar-refractivity contribution in [3.8, 4) is 22.3 Å². The molecule has 0 saturated heterocycles. The molecule has 1 heterocycles. The van der Waals surface area contributed by atoms with Gasteiger partial charge in [0.15, 0.2) is 0 Å². The highest BCUT2D eigenvalue weighted by Gasteiger charge is 2.29. The van der Waals surface area contributed by atoms with Crippen molar-refractivity contribution in [1.29, 1.82) is 0 Å².